The molecule has 0 saturated heterocycles. The summed E-state index contributed by atoms with van der Waals surface area (Å²) < 4.78 is 2.26. The maximum atomic E-state index is 5.61. The zero-order valence-electron chi connectivity index (χ0n) is 10.2. The molecule has 2 aromatic rings. The van der Waals surface area contributed by atoms with Crippen molar-refractivity contribution in [3.63, 3.8) is 0 Å². The van der Waals surface area contributed by atoms with Crippen LogP contribution in [-0.2, 0) is 13.0 Å². The Bertz CT molecular complexity index is 511. The van der Waals surface area contributed by atoms with E-state index in [4.69, 9.17) is 5.73 Å². The largest absolute Gasteiger partial charge is 0.330 e. The minimum Gasteiger partial charge on any atom is -0.330 e. The summed E-state index contributed by atoms with van der Waals surface area (Å²) in [5.41, 5.74) is 10.6. The van der Waals surface area contributed by atoms with E-state index in [0.29, 0.717) is 6.54 Å². The lowest BCUT2D eigenvalue weighted by Crippen LogP contribution is -2.09. The standard InChI is InChI=1S/C13H19N3/c1-4-16-12-8-10(3)9(2)7-11(12)15-13(16)5-6-14/h7-8H,4-6,14H2,1-3H3. The van der Waals surface area contributed by atoms with Gasteiger partial charge in [-0.3, -0.25) is 0 Å². The molecule has 16 heavy (non-hydrogen) atoms. The predicted octanol–water partition coefficient (Wildman–Crippen LogP) is 2.17. The normalized spacial score (nSPS) is 11.2. The van der Waals surface area contributed by atoms with Crippen LogP contribution >= 0.6 is 0 Å². The van der Waals surface area contributed by atoms with E-state index in [1.54, 1.807) is 0 Å². The Balaban J connectivity index is 2.67. The number of rotatable bonds is 3. The molecule has 0 atom stereocenters. The van der Waals surface area contributed by atoms with Gasteiger partial charge >= 0.3 is 0 Å². The molecule has 0 fully saturated rings. The Kier molecular flexibility index (Phi) is 2.97. The van der Waals surface area contributed by atoms with Crippen LogP contribution < -0.4 is 5.73 Å². The molecular weight excluding hydrogens is 198 g/mol. The first-order valence-electron chi connectivity index (χ1n) is 5.83. The van der Waals surface area contributed by atoms with E-state index < -0.39 is 0 Å². The van der Waals surface area contributed by atoms with Crippen molar-refractivity contribution < 1.29 is 0 Å². The molecule has 1 aromatic heterocycles. The average Bonchev–Trinajstić information content (AvgIpc) is 2.56. The van der Waals surface area contributed by atoms with Gasteiger partial charge in [-0.05, 0) is 50.6 Å². The first kappa shape index (κ1) is 11.1. The molecule has 0 aliphatic carbocycles. The molecule has 3 heteroatoms. The molecule has 0 radical (unpaired) electrons. The summed E-state index contributed by atoms with van der Waals surface area (Å²) in [5.74, 6) is 1.10. The minimum atomic E-state index is 0.654. The minimum absolute atomic E-state index is 0.654. The van der Waals surface area contributed by atoms with Crippen molar-refractivity contribution in [3.8, 4) is 0 Å². The fourth-order valence-corrected chi connectivity index (χ4v) is 2.10. The van der Waals surface area contributed by atoms with E-state index >= 15 is 0 Å². The van der Waals surface area contributed by atoms with Gasteiger partial charge in [0.1, 0.15) is 5.82 Å². The Morgan fingerprint density at radius 3 is 2.56 bits per heavy atom. The number of aromatic nitrogens is 2. The second-order valence-electron chi connectivity index (χ2n) is 4.24. The van der Waals surface area contributed by atoms with Gasteiger partial charge < -0.3 is 10.3 Å². The van der Waals surface area contributed by atoms with Crippen LogP contribution in [-0.4, -0.2) is 16.1 Å². The lowest BCUT2D eigenvalue weighted by molar-refractivity contribution is 0.711. The summed E-state index contributed by atoms with van der Waals surface area (Å²) in [6.07, 6.45) is 0.848. The number of benzene rings is 1. The van der Waals surface area contributed by atoms with Crippen LogP contribution in [0.4, 0.5) is 0 Å². The van der Waals surface area contributed by atoms with Crippen LogP contribution in [0.15, 0.2) is 12.1 Å². The number of imidazole rings is 1. The van der Waals surface area contributed by atoms with Gasteiger partial charge in [0.25, 0.3) is 0 Å². The Hall–Kier alpha value is -1.35. The lowest BCUT2D eigenvalue weighted by Gasteiger charge is -2.05. The molecule has 0 saturated carbocycles. The van der Waals surface area contributed by atoms with Crippen LogP contribution in [0.1, 0.15) is 23.9 Å². The zero-order valence-corrected chi connectivity index (χ0v) is 10.2. The van der Waals surface area contributed by atoms with Gasteiger partial charge in [0, 0.05) is 13.0 Å². The molecule has 1 aromatic carbocycles. The zero-order chi connectivity index (χ0) is 11.7. The number of hydrogen-bond acceptors (Lipinski definition) is 2. The SMILES string of the molecule is CCn1c(CCN)nc2cc(C)c(C)cc21. The first-order valence-corrected chi connectivity index (χ1v) is 5.83. The topological polar surface area (TPSA) is 43.8 Å². The summed E-state index contributed by atoms with van der Waals surface area (Å²) in [7, 11) is 0. The lowest BCUT2D eigenvalue weighted by atomic mass is 10.1. The maximum Gasteiger partial charge on any atom is 0.111 e. The van der Waals surface area contributed by atoms with Crippen LogP contribution in [0.3, 0.4) is 0 Å². The third kappa shape index (κ3) is 1.71. The second kappa shape index (κ2) is 4.26. The first-order chi connectivity index (χ1) is 7.67. The van der Waals surface area contributed by atoms with E-state index in [1.165, 1.54) is 16.6 Å². The molecule has 2 rings (SSSR count). The van der Waals surface area contributed by atoms with Crippen LogP contribution in [0, 0.1) is 13.8 Å². The Morgan fingerprint density at radius 2 is 1.94 bits per heavy atom. The summed E-state index contributed by atoms with van der Waals surface area (Å²) in [4.78, 5) is 4.66. The van der Waals surface area contributed by atoms with Gasteiger partial charge in [0.15, 0.2) is 0 Å². The molecule has 1 heterocycles. The highest BCUT2D eigenvalue weighted by molar-refractivity contribution is 5.78. The van der Waals surface area contributed by atoms with Gasteiger partial charge in [-0.2, -0.15) is 0 Å². The molecule has 0 bridgehead atoms. The van der Waals surface area contributed by atoms with Crippen molar-refractivity contribution in [2.75, 3.05) is 6.54 Å². The predicted molar refractivity (Wildman–Crippen MR) is 67.6 cm³/mol. The van der Waals surface area contributed by atoms with Crippen LogP contribution in [0.5, 0.6) is 0 Å². The molecule has 0 amide bonds. The second-order valence-corrected chi connectivity index (χ2v) is 4.24. The van der Waals surface area contributed by atoms with E-state index in [0.717, 1.165) is 24.3 Å². The van der Waals surface area contributed by atoms with Gasteiger partial charge in [0.05, 0.1) is 11.0 Å². The summed E-state index contributed by atoms with van der Waals surface area (Å²) in [6.45, 7) is 8.03. The van der Waals surface area contributed by atoms with Gasteiger partial charge in [0.2, 0.25) is 0 Å². The quantitative estimate of drug-likeness (QED) is 0.856. The van der Waals surface area contributed by atoms with E-state index in [-0.39, 0.29) is 0 Å². The molecule has 0 aliphatic rings. The van der Waals surface area contributed by atoms with E-state index in [9.17, 15) is 0 Å². The average molecular weight is 217 g/mol. The summed E-state index contributed by atoms with van der Waals surface area (Å²) >= 11 is 0. The fourth-order valence-electron chi connectivity index (χ4n) is 2.10. The Morgan fingerprint density at radius 1 is 1.25 bits per heavy atom. The van der Waals surface area contributed by atoms with Crippen molar-refractivity contribution in [1.82, 2.24) is 9.55 Å². The van der Waals surface area contributed by atoms with E-state index in [1.807, 2.05) is 0 Å². The van der Waals surface area contributed by atoms with Gasteiger partial charge in [-0.25, -0.2) is 4.98 Å². The van der Waals surface area contributed by atoms with Crippen molar-refractivity contribution in [2.24, 2.45) is 5.73 Å². The number of fused-ring (bicyclic) bond motifs is 1. The molecule has 86 valence electrons. The van der Waals surface area contributed by atoms with Gasteiger partial charge in [-0.15, -0.1) is 0 Å². The monoisotopic (exact) mass is 217 g/mol. The highest BCUT2D eigenvalue weighted by atomic mass is 15.1. The molecule has 3 nitrogen and oxygen atoms in total. The number of aryl methyl sites for hydroxylation is 3. The smallest absolute Gasteiger partial charge is 0.111 e. The van der Waals surface area contributed by atoms with Crippen LogP contribution in [0.25, 0.3) is 11.0 Å². The van der Waals surface area contributed by atoms with Crippen molar-refractivity contribution >= 4 is 11.0 Å². The number of nitrogens with two attached hydrogens (primary N) is 1. The number of hydrogen-bond donors (Lipinski definition) is 1. The number of nitrogens with zero attached hydrogens (tertiary/aromatic N) is 2. The molecule has 2 N–H and O–H groups in total. The highest BCUT2D eigenvalue weighted by Crippen LogP contribution is 2.20. The molecule has 0 spiro atoms. The molecule has 0 unspecified atom stereocenters. The van der Waals surface area contributed by atoms with Gasteiger partial charge in [-0.1, -0.05) is 0 Å². The fraction of sp³-hybridized carbons (Fsp3) is 0.462. The van der Waals surface area contributed by atoms with Crippen molar-refractivity contribution in [3.05, 3.63) is 29.1 Å². The maximum absolute atomic E-state index is 5.61. The summed E-state index contributed by atoms with van der Waals surface area (Å²) in [5, 5.41) is 0. The summed E-state index contributed by atoms with van der Waals surface area (Å²) in [6, 6.07) is 4.39. The van der Waals surface area contributed by atoms with Crippen molar-refractivity contribution in [1.29, 1.82) is 0 Å². The molecule has 0 aliphatic heterocycles. The molecular formula is C13H19N3. The third-order valence-corrected chi connectivity index (χ3v) is 3.13. The van der Waals surface area contributed by atoms with Crippen molar-refractivity contribution in [2.45, 2.75) is 33.7 Å². The van der Waals surface area contributed by atoms with E-state index in [2.05, 4.69) is 42.5 Å². The van der Waals surface area contributed by atoms with Crippen LogP contribution in [0.2, 0.25) is 0 Å². The third-order valence-electron chi connectivity index (χ3n) is 3.13. The Labute approximate surface area is 96.3 Å². The highest BCUT2D eigenvalue weighted by Gasteiger charge is 2.09.